The largest absolute Gasteiger partial charge is 0.300 e. The Morgan fingerprint density at radius 1 is 1.44 bits per heavy atom. The highest BCUT2D eigenvalue weighted by atomic mass is 16.1. The molecule has 0 aromatic rings. The highest BCUT2D eigenvalue weighted by Crippen LogP contribution is 1.99. The molecule has 0 fully saturated rings. The van der Waals surface area contributed by atoms with Crippen LogP contribution in [-0.4, -0.2) is 5.78 Å². The summed E-state index contributed by atoms with van der Waals surface area (Å²) in [5.74, 6) is 0.390. The van der Waals surface area contributed by atoms with E-state index in [1.165, 1.54) is 0 Å². The van der Waals surface area contributed by atoms with Crippen LogP contribution in [-0.2, 0) is 4.79 Å². The van der Waals surface area contributed by atoms with Crippen LogP contribution < -0.4 is 0 Å². The summed E-state index contributed by atoms with van der Waals surface area (Å²) >= 11 is 0. The summed E-state index contributed by atoms with van der Waals surface area (Å²) in [6.45, 7) is 5.70. The lowest BCUT2D eigenvalue weighted by atomic mass is 10.1. The molecule has 0 unspecified atom stereocenters. The Kier molecular flexibility index (Phi) is 5.59. The maximum Gasteiger partial charge on any atom is 0.132 e. The molecule has 53 valence electrons. The Bertz CT molecular complexity index is 76.6. The zero-order valence-electron chi connectivity index (χ0n) is 6.15. The fraction of sp³-hybridized carbons (Fsp3) is 0.750. The highest BCUT2D eigenvalue weighted by molar-refractivity contribution is 5.78. The van der Waals surface area contributed by atoms with Gasteiger partial charge >= 0.3 is 0 Å². The zero-order chi connectivity index (χ0) is 7.11. The van der Waals surface area contributed by atoms with Crippen LogP contribution in [0.1, 0.15) is 39.0 Å². The number of unbranched alkanes of at least 4 members (excludes halogenated alkanes) is 1. The Hall–Kier alpha value is -0.330. The van der Waals surface area contributed by atoms with Crippen molar-refractivity contribution in [2.75, 3.05) is 0 Å². The number of carbonyl (C=O) groups is 1. The number of rotatable bonds is 5. The number of hydrogen-bond acceptors (Lipinski definition) is 1. The third-order valence-electron chi connectivity index (χ3n) is 1.23. The molecule has 0 aromatic heterocycles. The van der Waals surface area contributed by atoms with Gasteiger partial charge in [0.25, 0.3) is 0 Å². The van der Waals surface area contributed by atoms with Crippen LogP contribution in [0.2, 0.25) is 0 Å². The van der Waals surface area contributed by atoms with Crippen molar-refractivity contribution in [3.63, 3.8) is 0 Å². The van der Waals surface area contributed by atoms with Gasteiger partial charge in [-0.25, -0.2) is 0 Å². The van der Waals surface area contributed by atoms with Crippen molar-refractivity contribution in [2.45, 2.75) is 39.0 Å². The van der Waals surface area contributed by atoms with Gasteiger partial charge in [-0.2, -0.15) is 0 Å². The third-order valence-corrected chi connectivity index (χ3v) is 1.23. The molecule has 0 saturated heterocycles. The minimum absolute atomic E-state index is 0.390. The fourth-order valence-electron chi connectivity index (χ4n) is 0.726. The van der Waals surface area contributed by atoms with Crippen LogP contribution in [0.4, 0.5) is 0 Å². The van der Waals surface area contributed by atoms with Crippen molar-refractivity contribution < 1.29 is 4.79 Å². The second-order valence-electron chi connectivity index (χ2n) is 2.25. The Morgan fingerprint density at radius 2 is 2.11 bits per heavy atom. The third kappa shape index (κ3) is 5.54. The summed E-state index contributed by atoms with van der Waals surface area (Å²) in [6, 6.07) is 0. The first-order valence-electron chi connectivity index (χ1n) is 3.62. The van der Waals surface area contributed by atoms with Crippen molar-refractivity contribution in [3.05, 3.63) is 6.92 Å². The van der Waals surface area contributed by atoms with Gasteiger partial charge in [-0.15, -0.1) is 0 Å². The Labute approximate surface area is 57.5 Å². The van der Waals surface area contributed by atoms with E-state index in [9.17, 15) is 4.79 Å². The molecule has 0 atom stereocenters. The van der Waals surface area contributed by atoms with Crippen LogP contribution in [0.25, 0.3) is 0 Å². The van der Waals surface area contributed by atoms with Crippen molar-refractivity contribution in [2.24, 2.45) is 0 Å². The van der Waals surface area contributed by atoms with Gasteiger partial charge in [0.1, 0.15) is 5.78 Å². The second-order valence-corrected chi connectivity index (χ2v) is 2.25. The molecule has 1 nitrogen and oxygen atoms in total. The Balaban J connectivity index is 3.06. The van der Waals surface area contributed by atoms with E-state index in [2.05, 4.69) is 6.92 Å². The molecule has 1 radical (unpaired) electrons. The summed E-state index contributed by atoms with van der Waals surface area (Å²) in [7, 11) is 0. The smallest absolute Gasteiger partial charge is 0.132 e. The monoisotopic (exact) mass is 127 g/mol. The molecule has 0 N–H and O–H groups in total. The molecule has 0 aliphatic carbocycles. The van der Waals surface area contributed by atoms with E-state index in [4.69, 9.17) is 0 Å². The standard InChI is InChI=1S/C8H15O/c1-3-5-7-8(9)6-4-2/h1,3-7H2,2H3. The maximum absolute atomic E-state index is 10.8. The molecule has 0 bridgehead atoms. The van der Waals surface area contributed by atoms with Crippen LogP contribution in [0.3, 0.4) is 0 Å². The summed E-state index contributed by atoms with van der Waals surface area (Å²) in [6.07, 6.45) is 4.31. The minimum atomic E-state index is 0.390. The number of ketones is 1. The van der Waals surface area contributed by atoms with E-state index in [1.807, 2.05) is 6.92 Å². The lowest BCUT2D eigenvalue weighted by Crippen LogP contribution is -1.95. The van der Waals surface area contributed by atoms with E-state index in [0.717, 1.165) is 32.1 Å². The number of hydrogen-bond donors (Lipinski definition) is 0. The van der Waals surface area contributed by atoms with Gasteiger partial charge in [-0.3, -0.25) is 4.79 Å². The molecule has 0 amide bonds. The molecule has 0 aromatic carbocycles. The molecular formula is C8H15O. The lowest BCUT2D eigenvalue weighted by molar-refractivity contribution is -0.119. The predicted molar refractivity (Wildman–Crippen MR) is 39.1 cm³/mol. The molecular weight excluding hydrogens is 112 g/mol. The van der Waals surface area contributed by atoms with E-state index in [1.54, 1.807) is 0 Å². The average Bonchev–Trinajstić information content (AvgIpc) is 1.85. The van der Waals surface area contributed by atoms with Gasteiger partial charge < -0.3 is 0 Å². The van der Waals surface area contributed by atoms with Gasteiger partial charge in [-0.05, 0) is 12.8 Å². The summed E-state index contributed by atoms with van der Waals surface area (Å²) < 4.78 is 0. The van der Waals surface area contributed by atoms with Crippen LogP contribution in [0.15, 0.2) is 0 Å². The first-order valence-corrected chi connectivity index (χ1v) is 3.62. The summed E-state index contributed by atoms with van der Waals surface area (Å²) in [5, 5.41) is 0. The van der Waals surface area contributed by atoms with Crippen LogP contribution in [0.5, 0.6) is 0 Å². The topological polar surface area (TPSA) is 17.1 Å². The molecule has 0 saturated carbocycles. The normalized spacial score (nSPS) is 9.56. The Morgan fingerprint density at radius 3 is 2.56 bits per heavy atom. The SMILES string of the molecule is [CH2]CCCC(=O)CCC. The van der Waals surface area contributed by atoms with E-state index < -0.39 is 0 Å². The molecule has 1 heteroatoms. The molecule has 0 spiro atoms. The van der Waals surface area contributed by atoms with Crippen molar-refractivity contribution in [1.29, 1.82) is 0 Å². The van der Waals surface area contributed by atoms with Gasteiger partial charge in [0.2, 0.25) is 0 Å². The maximum atomic E-state index is 10.8. The fourth-order valence-corrected chi connectivity index (χ4v) is 0.726. The van der Waals surface area contributed by atoms with Gasteiger partial charge in [-0.1, -0.05) is 20.3 Å². The van der Waals surface area contributed by atoms with Crippen molar-refractivity contribution in [1.82, 2.24) is 0 Å². The second kappa shape index (κ2) is 5.80. The van der Waals surface area contributed by atoms with E-state index >= 15 is 0 Å². The van der Waals surface area contributed by atoms with Gasteiger partial charge in [0, 0.05) is 12.8 Å². The molecule has 0 heterocycles. The lowest BCUT2D eigenvalue weighted by Gasteiger charge is -1.94. The molecule has 0 aliphatic heterocycles. The molecule has 0 rings (SSSR count). The molecule has 0 aliphatic rings. The highest BCUT2D eigenvalue weighted by Gasteiger charge is 1.96. The minimum Gasteiger partial charge on any atom is -0.300 e. The first kappa shape index (κ1) is 8.67. The zero-order valence-corrected chi connectivity index (χ0v) is 6.15. The van der Waals surface area contributed by atoms with Crippen molar-refractivity contribution in [3.8, 4) is 0 Å². The van der Waals surface area contributed by atoms with Crippen molar-refractivity contribution >= 4 is 5.78 Å². The molecule has 9 heavy (non-hydrogen) atoms. The first-order chi connectivity index (χ1) is 4.31. The summed E-state index contributed by atoms with van der Waals surface area (Å²) in [5.41, 5.74) is 0. The number of Topliss-reactive ketones (excluding diaryl/α,β-unsaturated/α-hetero) is 1. The number of carbonyl (C=O) groups excluding carboxylic acids is 1. The van der Waals surface area contributed by atoms with Crippen LogP contribution >= 0.6 is 0 Å². The van der Waals surface area contributed by atoms with E-state index in [-0.39, 0.29) is 0 Å². The predicted octanol–water partition coefficient (Wildman–Crippen LogP) is 2.36. The average molecular weight is 127 g/mol. The van der Waals surface area contributed by atoms with Crippen LogP contribution in [0, 0.1) is 6.92 Å². The quantitative estimate of drug-likeness (QED) is 0.554. The van der Waals surface area contributed by atoms with Gasteiger partial charge in [0.15, 0.2) is 0 Å². The van der Waals surface area contributed by atoms with E-state index in [0.29, 0.717) is 5.78 Å². The van der Waals surface area contributed by atoms with Gasteiger partial charge in [0.05, 0.1) is 0 Å². The summed E-state index contributed by atoms with van der Waals surface area (Å²) in [4.78, 5) is 10.8.